The van der Waals surface area contributed by atoms with Crippen molar-refractivity contribution in [3.63, 3.8) is 0 Å². The van der Waals surface area contributed by atoms with Gasteiger partial charge in [-0.15, -0.1) is 6.58 Å². The molecule has 2 N–H and O–H groups in total. The Kier molecular flexibility index (Phi) is 5.90. The van der Waals surface area contributed by atoms with Crippen LogP contribution in [0.5, 0.6) is 11.5 Å². The summed E-state index contributed by atoms with van der Waals surface area (Å²) in [5.74, 6) is 0.317. The van der Waals surface area contributed by atoms with E-state index in [4.69, 9.17) is 0 Å². The Morgan fingerprint density at radius 2 is 1.96 bits per heavy atom. The van der Waals surface area contributed by atoms with Gasteiger partial charge in [-0.2, -0.15) is 0 Å². The number of aromatic hydroxyl groups is 2. The summed E-state index contributed by atoms with van der Waals surface area (Å²) in [6.45, 7) is 5.38. The fourth-order valence-corrected chi connectivity index (χ4v) is 4.74. The molecule has 0 radical (unpaired) electrons. The van der Waals surface area contributed by atoms with Crippen molar-refractivity contribution in [1.29, 1.82) is 0 Å². The summed E-state index contributed by atoms with van der Waals surface area (Å²) in [5.41, 5.74) is 0.831. The molecule has 1 aromatic rings. The molecule has 3 rings (SSSR count). The molecule has 2 aliphatic rings. The Bertz CT molecular complexity index is 651. The van der Waals surface area contributed by atoms with E-state index in [0.29, 0.717) is 12.5 Å². The van der Waals surface area contributed by atoms with Gasteiger partial charge in [0.1, 0.15) is 0 Å². The summed E-state index contributed by atoms with van der Waals surface area (Å²) in [7, 11) is 0. The monoisotopic (exact) mass is 357 g/mol. The molecular weight excluding hydrogens is 326 g/mol. The molecule has 1 aromatic carbocycles. The lowest BCUT2D eigenvalue weighted by Gasteiger charge is -2.44. The molecule has 1 atom stereocenters. The minimum atomic E-state index is -0.179. The molecule has 1 saturated carbocycles. The molecule has 4 nitrogen and oxygen atoms in total. The topological polar surface area (TPSA) is 60.8 Å². The SMILES string of the molecule is C=CCCC1(c2ccc(O)c(O)c2)CCCN(C(=O)C2CCCCC2)C1. The van der Waals surface area contributed by atoms with E-state index in [-0.39, 0.29) is 22.8 Å². The van der Waals surface area contributed by atoms with E-state index in [0.717, 1.165) is 63.5 Å². The Balaban J connectivity index is 1.84. The molecule has 1 amide bonds. The second-order valence-electron chi connectivity index (χ2n) is 8.01. The van der Waals surface area contributed by atoms with Gasteiger partial charge in [0.25, 0.3) is 0 Å². The van der Waals surface area contributed by atoms with Crippen LogP contribution in [0.4, 0.5) is 0 Å². The van der Waals surface area contributed by atoms with Gasteiger partial charge in [-0.1, -0.05) is 31.4 Å². The lowest BCUT2D eigenvalue weighted by Crippen LogP contribution is -2.50. The fraction of sp³-hybridized carbons (Fsp3) is 0.591. The zero-order valence-corrected chi connectivity index (χ0v) is 15.6. The highest BCUT2D eigenvalue weighted by molar-refractivity contribution is 5.79. The molecule has 1 heterocycles. The smallest absolute Gasteiger partial charge is 0.225 e. The largest absolute Gasteiger partial charge is 0.504 e. The van der Waals surface area contributed by atoms with E-state index < -0.39 is 0 Å². The van der Waals surface area contributed by atoms with Gasteiger partial charge in [-0.05, 0) is 56.2 Å². The molecule has 1 unspecified atom stereocenters. The normalized spacial score (nSPS) is 24.4. The van der Waals surface area contributed by atoms with Gasteiger partial charge in [0, 0.05) is 24.4 Å². The van der Waals surface area contributed by atoms with E-state index in [2.05, 4.69) is 11.5 Å². The van der Waals surface area contributed by atoms with Crippen LogP contribution < -0.4 is 0 Å². The van der Waals surface area contributed by atoms with E-state index >= 15 is 0 Å². The Morgan fingerprint density at radius 3 is 2.65 bits per heavy atom. The Morgan fingerprint density at radius 1 is 1.19 bits per heavy atom. The number of carbonyl (C=O) groups is 1. The van der Waals surface area contributed by atoms with Crippen LogP contribution in [-0.4, -0.2) is 34.1 Å². The minimum Gasteiger partial charge on any atom is -0.504 e. The number of likely N-dealkylation sites (tertiary alicyclic amines) is 1. The highest BCUT2D eigenvalue weighted by atomic mass is 16.3. The number of hydrogen-bond donors (Lipinski definition) is 2. The summed E-state index contributed by atoms with van der Waals surface area (Å²) >= 11 is 0. The zero-order valence-electron chi connectivity index (χ0n) is 15.6. The van der Waals surface area contributed by atoms with Crippen molar-refractivity contribution in [2.45, 2.75) is 63.2 Å². The first-order chi connectivity index (χ1) is 12.6. The predicted octanol–water partition coefficient (Wildman–Crippen LogP) is 4.50. The van der Waals surface area contributed by atoms with Crippen molar-refractivity contribution < 1.29 is 15.0 Å². The molecule has 142 valence electrons. The number of allylic oxidation sites excluding steroid dienone is 1. The summed E-state index contributed by atoms with van der Waals surface area (Å²) in [4.78, 5) is 15.1. The number of phenolic OH excluding ortho intramolecular Hbond substituents is 2. The van der Waals surface area contributed by atoms with Gasteiger partial charge >= 0.3 is 0 Å². The number of hydrogen-bond acceptors (Lipinski definition) is 3. The number of nitrogens with zero attached hydrogens (tertiary/aromatic N) is 1. The first-order valence-corrected chi connectivity index (χ1v) is 9.98. The molecule has 26 heavy (non-hydrogen) atoms. The summed E-state index contributed by atoms with van der Waals surface area (Å²) < 4.78 is 0. The van der Waals surface area contributed by atoms with Crippen molar-refractivity contribution in [2.75, 3.05) is 13.1 Å². The van der Waals surface area contributed by atoms with Crippen LogP contribution in [0.2, 0.25) is 0 Å². The van der Waals surface area contributed by atoms with Crippen LogP contribution in [0.25, 0.3) is 0 Å². The Labute approximate surface area is 156 Å². The van der Waals surface area contributed by atoms with Crippen molar-refractivity contribution in [1.82, 2.24) is 4.90 Å². The highest BCUT2D eigenvalue weighted by Gasteiger charge is 2.39. The predicted molar refractivity (Wildman–Crippen MR) is 103 cm³/mol. The maximum absolute atomic E-state index is 13.1. The number of amides is 1. The second kappa shape index (κ2) is 8.15. The van der Waals surface area contributed by atoms with Crippen molar-refractivity contribution in [3.8, 4) is 11.5 Å². The second-order valence-corrected chi connectivity index (χ2v) is 8.01. The van der Waals surface area contributed by atoms with Crippen LogP contribution in [-0.2, 0) is 10.2 Å². The molecule has 4 heteroatoms. The number of rotatable bonds is 5. The van der Waals surface area contributed by atoms with Crippen LogP contribution in [0.3, 0.4) is 0 Å². The molecule has 2 fully saturated rings. The minimum absolute atomic E-state index is 0.0868. The van der Waals surface area contributed by atoms with Crippen LogP contribution in [0.1, 0.15) is 63.4 Å². The van der Waals surface area contributed by atoms with E-state index in [1.54, 1.807) is 12.1 Å². The molecule has 1 aliphatic heterocycles. The molecule has 0 spiro atoms. The zero-order chi connectivity index (χ0) is 18.6. The number of phenols is 2. The van der Waals surface area contributed by atoms with E-state index in [1.165, 1.54) is 6.42 Å². The third-order valence-corrected chi connectivity index (χ3v) is 6.26. The quantitative estimate of drug-likeness (QED) is 0.602. The molecule has 1 saturated heterocycles. The standard InChI is InChI=1S/C22H31NO3/c1-2-3-12-22(18-10-11-19(24)20(25)15-18)13-7-14-23(16-22)21(26)17-8-5-4-6-9-17/h2,10-11,15,17,24-25H,1,3-9,12-14,16H2. The molecule has 0 bridgehead atoms. The maximum Gasteiger partial charge on any atom is 0.225 e. The van der Waals surface area contributed by atoms with Crippen molar-refractivity contribution in [3.05, 3.63) is 36.4 Å². The fourth-order valence-electron chi connectivity index (χ4n) is 4.74. The van der Waals surface area contributed by atoms with Crippen LogP contribution in [0, 0.1) is 5.92 Å². The first kappa shape index (κ1) is 18.8. The summed E-state index contributed by atoms with van der Waals surface area (Å²) in [6, 6.07) is 5.13. The average Bonchev–Trinajstić information content (AvgIpc) is 2.68. The molecule has 1 aliphatic carbocycles. The van der Waals surface area contributed by atoms with Crippen LogP contribution >= 0.6 is 0 Å². The first-order valence-electron chi connectivity index (χ1n) is 9.98. The van der Waals surface area contributed by atoms with Gasteiger partial charge < -0.3 is 15.1 Å². The summed E-state index contributed by atoms with van der Waals surface area (Å²) in [5, 5.41) is 19.7. The summed E-state index contributed by atoms with van der Waals surface area (Å²) in [6.07, 6.45) is 11.3. The number of benzene rings is 1. The average molecular weight is 357 g/mol. The van der Waals surface area contributed by atoms with Gasteiger partial charge in [0.2, 0.25) is 5.91 Å². The molecular formula is C22H31NO3. The lowest BCUT2D eigenvalue weighted by molar-refractivity contribution is -0.139. The third kappa shape index (κ3) is 3.89. The van der Waals surface area contributed by atoms with Crippen molar-refractivity contribution >= 4 is 5.91 Å². The number of carbonyl (C=O) groups excluding carboxylic acids is 1. The molecule has 0 aromatic heterocycles. The van der Waals surface area contributed by atoms with Crippen LogP contribution in [0.15, 0.2) is 30.9 Å². The highest BCUT2D eigenvalue weighted by Crippen LogP contribution is 2.42. The van der Waals surface area contributed by atoms with Gasteiger partial charge in [-0.3, -0.25) is 4.79 Å². The van der Waals surface area contributed by atoms with Gasteiger partial charge in [-0.25, -0.2) is 0 Å². The van der Waals surface area contributed by atoms with Crippen molar-refractivity contribution in [2.24, 2.45) is 5.92 Å². The lowest BCUT2D eigenvalue weighted by atomic mass is 9.70. The van der Waals surface area contributed by atoms with E-state index in [1.807, 2.05) is 12.1 Å². The van der Waals surface area contributed by atoms with E-state index in [9.17, 15) is 15.0 Å². The third-order valence-electron chi connectivity index (χ3n) is 6.26. The number of piperidine rings is 1. The van der Waals surface area contributed by atoms with Gasteiger partial charge in [0.05, 0.1) is 0 Å². The Hall–Kier alpha value is -1.97. The van der Waals surface area contributed by atoms with Gasteiger partial charge in [0.15, 0.2) is 11.5 Å². The maximum atomic E-state index is 13.1.